The normalized spacial score (nSPS) is 10.0. The molecule has 0 aliphatic carbocycles. The highest BCUT2D eigenvalue weighted by Gasteiger charge is 2.17. The van der Waals surface area contributed by atoms with E-state index in [4.69, 9.17) is 21.6 Å². The quantitative estimate of drug-likeness (QED) is 0.864. The predicted molar refractivity (Wildman–Crippen MR) is 82.3 cm³/mol. The number of anilines is 2. The number of hydrogen-bond donors (Lipinski definition) is 1. The number of aromatic nitrogens is 1. The maximum atomic E-state index is 11.7. The Hall–Kier alpha value is -2.10. The SMILES string of the molecule is CCOC(=O)c1nc(Nc2ccc(C#N)cc2Cl)sc1C. The summed E-state index contributed by atoms with van der Waals surface area (Å²) in [5.41, 5.74) is 1.40. The Labute approximate surface area is 131 Å². The van der Waals surface area contributed by atoms with Crippen molar-refractivity contribution in [3.63, 3.8) is 0 Å². The molecular formula is C14H12ClN3O2S. The second-order valence-electron chi connectivity index (χ2n) is 4.08. The number of nitrogens with one attached hydrogen (secondary N) is 1. The van der Waals surface area contributed by atoms with E-state index in [2.05, 4.69) is 10.3 Å². The van der Waals surface area contributed by atoms with Crippen molar-refractivity contribution in [1.82, 2.24) is 4.98 Å². The topological polar surface area (TPSA) is 75.0 Å². The highest BCUT2D eigenvalue weighted by atomic mass is 35.5. The molecule has 0 aliphatic rings. The molecule has 0 fully saturated rings. The fourth-order valence-corrected chi connectivity index (χ4v) is 2.68. The fourth-order valence-electron chi connectivity index (χ4n) is 1.64. The molecule has 0 amide bonds. The van der Waals surface area contributed by atoms with E-state index in [1.165, 1.54) is 11.3 Å². The number of halogens is 1. The smallest absolute Gasteiger partial charge is 0.358 e. The first-order valence-corrected chi connectivity index (χ1v) is 7.35. The van der Waals surface area contributed by atoms with Crippen LogP contribution in [0.25, 0.3) is 0 Å². The number of rotatable bonds is 4. The summed E-state index contributed by atoms with van der Waals surface area (Å²) in [5, 5.41) is 12.8. The van der Waals surface area contributed by atoms with Crippen molar-refractivity contribution in [3.05, 3.63) is 39.4 Å². The summed E-state index contributed by atoms with van der Waals surface area (Å²) in [4.78, 5) is 16.7. The zero-order valence-electron chi connectivity index (χ0n) is 11.4. The average Bonchev–Trinajstić information content (AvgIpc) is 2.82. The van der Waals surface area contributed by atoms with Crippen molar-refractivity contribution in [1.29, 1.82) is 5.26 Å². The number of thiazole rings is 1. The van der Waals surface area contributed by atoms with Gasteiger partial charge < -0.3 is 10.1 Å². The van der Waals surface area contributed by atoms with Gasteiger partial charge in [0.2, 0.25) is 0 Å². The van der Waals surface area contributed by atoms with Crippen LogP contribution in [0.5, 0.6) is 0 Å². The van der Waals surface area contributed by atoms with Gasteiger partial charge in [-0.15, -0.1) is 11.3 Å². The molecule has 0 unspecified atom stereocenters. The number of nitriles is 1. The summed E-state index contributed by atoms with van der Waals surface area (Å²) >= 11 is 7.42. The zero-order chi connectivity index (χ0) is 15.4. The Morgan fingerprint density at radius 2 is 2.33 bits per heavy atom. The van der Waals surface area contributed by atoms with Gasteiger partial charge >= 0.3 is 5.97 Å². The summed E-state index contributed by atoms with van der Waals surface area (Å²) in [6.45, 7) is 3.85. The molecule has 0 radical (unpaired) electrons. The van der Waals surface area contributed by atoms with Gasteiger partial charge in [-0.1, -0.05) is 11.6 Å². The minimum absolute atomic E-state index is 0.300. The lowest BCUT2D eigenvalue weighted by Gasteiger charge is -2.05. The maximum absolute atomic E-state index is 11.7. The largest absolute Gasteiger partial charge is 0.461 e. The van der Waals surface area contributed by atoms with E-state index >= 15 is 0 Å². The molecule has 7 heteroatoms. The van der Waals surface area contributed by atoms with Crippen LogP contribution in [0.15, 0.2) is 18.2 Å². The van der Waals surface area contributed by atoms with Gasteiger partial charge in [0, 0.05) is 4.88 Å². The van der Waals surface area contributed by atoms with E-state index in [1.807, 2.05) is 6.07 Å². The molecule has 0 aliphatic heterocycles. The molecule has 1 aromatic heterocycles. The van der Waals surface area contributed by atoms with Gasteiger partial charge in [0.15, 0.2) is 10.8 Å². The van der Waals surface area contributed by atoms with E-state index in [0.29, 0.717) is 33.7 Å². The van der Waals surface area contributed by atoms with Crippen LogP contribution < -0.4 is 5.32 Å². The molecule has 1 N–H and O–H groups in total. The second-order valence-corrected chi connectivity index (χ2v) is 5.69. The highest BCUT2D eigenvalue weighted by molar-refractivity contribution is 7.15. The number of hydrogen-bond acceptors (Lipinski definition) is 6. The number of carbonyl (C=O) groups is 1. The molecule has 108 valence electrons. The Morgan fingerprint density at radius 3 is 2.95 bits per heavy atom. The van der Waals surface area contributed by atoms with Gasteiger partial charge in [-0.3, -0.25) is 0 Å². The van der Waals surface area contributed by atoms with Gasteiger partial charge in [-0.25, -0.2) is 9.78 Å². The van der Waals surface area contributed by atoms with Gasteiger partial charge in [0.25, 0.3) is 0 Å². The average molecular weight is 322 g/mol. The number of esters is 1. The Morgan fingerprint density at radius 1 is 1.57 bits per heavy atom. The molecule has 2 aromatic rings. The van der Waals surface area contributed by atoms with E-state index in [1.54, 1.807) is 32.0 Å². The fraction of sp³-hybridized carbons (Fsp3) is 0.214. The van der Waals surface area contributed by atoms with Crippen molar-refractivity contribution in [2.45, 2.75) is 13.8 Å². The standard InChI is InChI=1S/C14H12ClN3O2S/c1-3-20-13(19)12-8(2)21-14(18-12)17-11-5-4-9(7-16)6-10(11)15/h4-6H,3H2,1-2H3,(H,17,18). The first kappa shape index (κ1) is 15.3. The molecule has 5 nitrogen and oxygen atoms in total. The van der Waals surface area contributed by atoms with Crippen LogP contribution in [0.4, 0.5) is 10.8 Å². The van der Waals surface area contributed by atoms with Crippen LogP contribution in [0.1, 0.15) is 27.9 Å². The highest BCUT2D eigenvalue weighted by Crippen LogP contribution is 2.30. The molecule has 0 saturated heterocycles. The molecule has 0 saturated carbocycles. The van der Waals surface area contributed by atoms with Crippen LogP contribution in [-0.4, -0.2) is 17.6 Å². The minimum Gasteiger partial charge on any atom is -0.461 e. The summed E-state index contributed by atoms with van der Waals surface area (Å²) in [6.07, 6.45) is 0. The van der Waals surface area contributed by atoms with Crippen molar-refractivity contribution in [2.75, 3.05) is 11.9 Å². The molecule has 21 heavy (non-hydrogen) atoms. The van der Waals surface area contributed by atoms with Crippen molar-refractivity contribution in [2.24, 2.45) is 0 Å². The molecule has 1 aromatic carbocycles. The lowest BCUT2D eigenvalue weighted by atomic mass is 10.2. The molecule has 0 spiro atoms. The van der Waals surface area contributed by atoms with Crippen molar-refractivity contribution < 1.29 is 9.53 Å². The second kappa shape index (κ2) is 6.57. The van der Waals surface area contributed by atoms with Crippen LogP contribution in [-0.2, 0) is 4.74 Å². The third kappa shape index (κ3) is 3.51. The summed E-state index contributed by atoms with van der Waals surface area (Å²) in [6, 6.07) is 6.93. The van der Waals surface area contributed by atoms with E-state index < -0.39 is 5.97 Å². The third-order valence-corrected chi connectivity index (χ3v) is 3.80. The van der Waals surface area contributed by atoms with Gasteiger partial charge in [-0.2, -0.15) is 5.26 Å². The Kier molecular flexibility index (Phi) is 4.78. The molecule has 0 atom stereocenters. The number of carbonyl (C=O) groups excluding carboxylic acids is 1. The lowest BCUT2D eigenvalue weighted by molar-refractivity contribution is 0.0519. The van der Waals surface area contributed by atoms with Crippen LogP contribution in [0.3, 0.4) is 0 Å². The number of nitrogens with zero attached hydrogens (tertiary/aromatic N) is 2. The van der Waals surface area contributed by atoms with E-state index in [9.17, 15) is 4.79 Å². The summed E-state index contributed by atoms with van der Waals surface area (Å²) in [7, 11) is 0. The number of aryl methyl sites for hydroxylation is 1. The zero-order valence-corrected chi connectivity index (χ0v) is 13.0. The Bertz CT molecular complexity index is 721. The lowest BCUT2D eigenvalue weighted by Crippen LogP contribution is -2.06. The van der Waals surface area contributed by atoms with Gasteiger partial charge in [-0.05, 0) is 32.0 Å². The number of benzene rings is 1. The first-order valence-electron chi connectivity index (χ1n) is 6.16. The van der Waals surface area contributed by atoms with Crippen molar-refractivity contribution >= 4 is 39.7 Å². The number of ether oxygens (including phenoxy) is 1. The van der Waals surface area contributed by atoms with Crippen LogP contribution >= 0.6 is 22.9 Å². The molecular weight excluding hydrogens is 310 g/mol. The maximum Gasteiger partial charge on any atom is 0.358 e. The first-order chi connectivity index (χ1) is 10.0. The van der Waals surface area contributed by atoms with E-state index in [0.717, 1.165) is 4.88 Å². The van der Waals surface area contributed by atoms with Gasteiger partial charge in [0.1, 0.15) is 0 Å². The Balaban J connectivity index is 2.23. The predicted octanol–water partition coefficient (Wildman–Crippen LogP) is 3.90. The molecule has 1 heterocycles. The molecule has 2 rings (SSSR count). The van der Waals surface area contributed by atoms with Crippen molar-refractivity contribution in [3.8, 4) is 6.07 Å². The van der Waals surface area contributed by atoms with E-state index in [-0.39, 0.29) is 0 Å². The molecule has 0 bridgehead atoms. The monoisotopic (exact) mass is 321 g/mol. The third-order valence-electron chi connectivity index (χ3n) is 2.61. The van der Waals surface area contributed by atoms with Crippen LogP contribution in [0, 0.1) is 18.3 Å². The van der Waals surface area contributed by atoms with Crippen LogP contribution in [0.2, 0.25) is 5.02 Å². The summed E-state index contributed by atoms with van der Waals surface area (Å²) < 4.78 is 4.94. The van der Waals surface area contributed by atoms with Gasteiger partial charge in [0.05, 0.1) is 28.9 Å². The minimum atomic E-state index is -0.440. The summed E-state index contributed by atoms with van der Waals surface area (Å²) in [5.74, 6) is -0.440.